The van der Waals surface area contributed by atoms with Crippen LogP contribution < -0.4 is 16.4 Å². The minimum Gasteiger partial charge on any atom is -0.480 e. The fraction of sp³-hybridized carbons (Fsp3) is 0.733. The second kappa shape index (κ2) is 9.46. The van der Waals surface area contributed by atoms with Gasteiger partial charge in [0.25, 0.3) is 0 Å². The zero-order valence-electron chi connectivity index (χ0n) is 14.7. The Kier molecular flexibility index (Phi) is 7.93. The number of hydrogen-bond donors (Lipinski definition) is 6. The fourth-order valence-corrected chi connectivity index (χ4v) is 2.59. The summed E-state index contributed by atoms with van der Waals surface area (Å²) in [6.07, 6.45) is -0.259. The highest BCUT2D eigenvalue weighted by Crippen LogP contribution is 2.18. The van der Waals surface area contributed by atoms with E-state index >= 15 is 0 Å². The maximum atomic E-state index is 12.4. The van der Waals surface area contributed by atoms with Crippen molar-refractivity contribution in [3.63, 3.8) is 0 Å². The number of likely N-dealkylation sites (tertiary alicyclic amines) is 1. The van der Waals surface area contributed by atoms with E-state index in [2.05, 4.69) is 10.6 Å². The van der Waals surface area contributed by atoms with Crippen LogP contribution in [0.3, 0.4) is 0 Å². The van der Waals surface area contributed by atoms with Gasteiger partial charge in [-0.2, -0.15) is 0 Å². The molecule has 1 fully saturated rings. The number of carboxylic acid groups (broad SMARTS) is 1. The molecule has 0 aromatic carbocycles. The number of nitrogens with one attached hydrogen (secondary N) is 2. The Bertz CT molecular complexity index is 554. The van der Waals surface area contributed by atoms with E-state index < -0.39 is 60.6 Å². The van der Waals surface area contributed by atoms with Crippen LogP contribution in [-0.4, -0.2) is 87.3 Å². The summed E-state index contributed by atoms with van der Waals surface area (Å²) in [5.41, 5.74) is 5.45. The summed E-state index contributed by atoms with van der Waals surface area (Å²) < 4.78 is 0. The second-order valence-corrected chi connectivity index (χ2v) is 6.27. The van der Waals surface area contributed by atoms with Crippen molar-refractivity contribution < 1.29 is 34.5 Å². The topological polar surface area (TPSA) is 182 Å². The van der Waals surface area contributed by atoms with Crippen LogP contribution in [0.4, 0.5) is 0 Å². The van der Waals surface area contributed by atoms with Crippen LogP contribution in [0.5, 0.6) is 0 Å². The van der Waals surface area contributed by atoms with Crippen LogP contribution in [0.1, 0.15) is 26.7 Å². The van der Waals surface area contributed by atoms with Crippen LogP contribution in [-0.2, 0) is 19.2 Å². The lowest BCUT2D eigenvalue weighted by molar-refractivity contribution is -0.149. The van der Waals surface area contributed by atoms with Crippen molar-refractivity contribution in [2.75, 3.05) is 13.2 Å². The zero-order valence-corrected chi connectivity index (χ0v) is 14.7. The van der Waals surface area contributed by atoms with Crippen molar-refractivity contribution in [3.8, 4) is 0 Å². The highest BCUT2D eigenvalue weighted by atomic mass is 16.4. The molecule has 1 heterocycles. The second-order valence-electron chi connectivity index (χ2n) is 6.27. The largest absolute Gasteiger partial charge is 0.480 e. The van der Waals surface area contributed by atoms with E-state index in [1.807, 2.05) is 0 Å². The molecule has 3 amide bonds. The van der Waals surface area contributed by atoms with Crippen LogP contribution >= 0.6 is 0 Å². The molecule has 0 aromatic heterocycles. The van der Waals surface area contributed by atoms with Gasteiger partial charge in [0.05, 0.1) is 12.7 Å². The minimum absolute atomic E-state index is 0.277. The maximum Gasteiger partial charge on any atom is 0.326 e. The number of nitrogens with two attached hydrogens (primary N) is 1. The number of aliphatic hydroxyl groups is 2. The van der Waals surface area contributed by atoms with Gasteiger partial charge < -0.3 is 36.6 Å². The first-order valence-electron chi connectivity index (χ1n) is 8.28. The molecule has 7 N–H and O–H groups in total. The number of amides is 3. The lowest BCUT2D eigenvalue weighted by atomic mass is 10.1. The lowest BCUT2D eigenvalue weighted by Crippen LogP contribution is -2.58. The summed E-state index contributed by atoms with van der Waals surface area (Å²) in [7, 11) is 0. The minimum atomic E-state index is -1.36. The van der Waals surface area contributed by atoms with Crippen molar-refractivity contribution in [1.29, 1.82) is 0 Å². The SMILES string of the molecule is CC(NC(=O)C(CO)NC(=O)C(N)C(C)O)C(=O)N1CCCC1C(=O)O. The van der Waals surface area contributed by atoms with Gasteiger partial charge in [-0.15, -0.1) is 0 Å². The van der Waals surface area contributed by atoms with Crippen molar-refractivity contribution >= 4 is 23.7 Å². The van der Waals surface area contributed by atoms with E-state index in [0.29, 0.717) is 12.8 Å². The third kappa shape index (κ3) is 5.38. The van der Waals surface area contributed by atoms with E-state index in [1.54, 1.807) is 0 Å². The third-order valence-corrected chi connectivity index (χ3v) is 4.19. The van der Waals surface area contributed by atoms with Gasteiger partial charge in [-0.05, 0) is 26.7 Å². The van der Waals surface area contributed by atoms with Gasteiger partial charge in [-0.3, -0.25) is 14.4 Å². The number of rotatable bonds is 8. The normalized spacial score (nSPS) is 21.4. The molecule has 0 aromatic rings. The average Bonchev–Trinajstić information content (AvgIpc) is 3.07. The molecule has 5 unspecified atom stereocenters. The number of hydrogen-bond acceptors (Lipinski definition) is 7. The van der Waals surface area contributed by atoms with Crippen LogP contribution in [0.2, 0.25) is 0 Å². The van der Waals surface area contributed by atoms with E-state index in [0.717, 1.165) is 0 Å². The van der Waals surface area contributed by atoms with Crippen molar-refractivity contribution in [1.82, 2.24) is 15.5 Å². The first-order chi connectivity index (χ1) is 12.1. The molecule has 11 heteroatoms. The molecule has 1 aliphatic heterocycles. The Hall–Kier alpha value is -2.24. The summed E-state index contributed by atoms with van der Waals surface area (Å²) in [5, 5.41) is 32.2. The van der Waals surface area contributed by atoms with E-state index in [-0.39, 0.29) is 6.54 Å². The molecule has 0 aliphatic carbocycles. The molecule has 0 saturated carbocycles. The molecule has 1 rings (SSSR count). The third-order valence-electron chi connectivity index (χ3n) is 4.19. The van der Waals surface area contributed by atoms with Crippen molar-refractivity contribution in [3.05, 3.63) is 0 Å². The molecule has 26 heavy (non-hydrogen) atoms. The van der Waals surface area contributed by atoms with Gasteiger partial charge >= 0.3 is 5.97 Å². The van der Waals surface area contributed by atoms with Gasteiger partial charge in [-0.1, -0.05) is 0 Å². The molecule has 0 bridgehead atoms. The maximum absolute atomic E-state index is 12.4. The Labute approximate surface area is 150 Å². The molecule has 1 aliphatic rings. The molecule has 0 radical (unpaired) electrons. The Morgan fingerprint density at radius 3 is 2.31 bits per heavy atom. The lowest BCUT2D eigenvalue weighted by Gasteiger charge is -2.26. The van der Waals surface area contributed by atoms with Crippen molar-refractivity contribution in [2.45, 2.75) is 57.0 Å². The number of carbonyl (C=O) groups is 4. The van der Waals surface area contributed by atoms with E-state index in [9.17, 15) is 29.4 Å². The van der Waals surface area contributed by atoms with Gasteiger partial charge in [0, 0.05) is 6.54 Å². The fourth-order valence-electron chi connectivity index (χ4n) is 2.59. The predicted molar refractivity (Wildman–Crippen MR) is 88.6 cm³/mol. The summed E-state index contributed by atoms with van der Waals surface area (Å²) >= 11 is 0. The Balaban J connectivity index is 2.67. The van der Waals surface area contributed by atoms with Gasteiger partial charge in [0.15, 0.2) is 0 Å². The van der Waals surface area contributed by atoms with Crippen LogP contribution in [0.15, 0.2) is 0 Å². The zero-order chi connectivity index (χ0) is 20.0. The summed E-state index contributed by atoms with van der Waals surface area (Å²) in [4.78, 5) is 48.7. The summed E-state index contributed by atoms with van der Waals surface area (Å²) in [6.45, 7) is 2.22. The average molecular weight is 374 g/mol. The highest BCUT2D eigenvalue weighted by molar-refractivity contribution is 5.94. The smallest absolute Gasteiger partial charge is 0.326 e. The Morgan fingerprint density at radius 2 is 1.81 bits per heavy atom. The number of carbonyl (C=O) groups excluding carboxylic acids is 3. The highest BCUT2D eigenvalue weighted by Gasteiger charge is 2.37. The van der Waals surface area contributed by atoms with E-state index in [1.165, 1.54) is 18.7 Å². The van der Waals surface area contributed by atoms with Gasteiger partial charge in [0.1, 0.15) is 24.2 Å². The molecule has 11 nitrogen and oxygen atoms in total. The number of nitrogens with zero attached hydrogens (tertiary/aromatic N) is 1. The molecule has 148 valence electrons. The molecular weight excluding hydrogens is 348 g/mol. The monoisotopic (exact) mass is 374 g/mol. The van der Waals surface area contributed by atoms with Crippen LogP contribution in [0, 0.1) is 0 Å². The molecule has 0 spiro atoms. The quantitative estimate of drug-likeness (QED) is 0.256. The number of carboxylic acids is 1. The Morgan fingerprint density at radius 1 is 1.19 bits per heavy atom. The predicted octanol–water partition coefficient (Wildman–Crippen LogP) is -3.25. The summed E-state index contributed by atoms with van der Waals surface area (Å²) in [6, 6.07) is -4.62. The molecular formula is C15H26N4O7. The first kappa shape index (κ1) is 21.8. The number of aliphatic carboxylic acids is 1. The standard InChI is InChI=1S/C15H26N4O7/c1-7(14(24)19-5-3-4-10(19)15(25)26)17-12(22)9(6-20)18-13(23)11(16)8(2)21/h7-11,20-21H,3-6,16H2,1-2H3,(H,17,22)(H,18,23)(H,25,26). The van der Waals surface area contributed by atoms with Gasteiger partial charge in [-0.25, -0.2) is 4.79 Å². The molecule has 5 atom stereocenters. The van der Waals surface area contributed by atoms with Crippen LogP contribution in [0.25, 0.3) is 0 Å². The van der Waals surface area contributed by atoms with E-state index in [4.69, 9.17) is 10.8 Å². The van der Waals surface area contributed by atoms with Gasteiger partial charge in [0.2, 0.25) is 17.7 Å². The summed E-state index contributed by atoms with van der Waals surface area (Å²) in [5.74, 6) is -3.34. The molecule has 1 saturated heterocycles. The van der Waals surface area contributed by atoms with Crippen molar-refractivity contribution in [2.24, 2.45) is 5.73 Å². The number of aliphatic hydroxyl groups excluding tert-OH is 2. The first-order valence-corrected chi connectivity index (χ1v) is 8.28.